The Bertz CT molecular complexity index is 380. The largest absolute Gasteiger partial charge is 0.383 e. The van der Waals surface area contributed by atoms with Crippen LogP contribution in [0.2, 0.25) is 0 Å². The SMILES string of the molecule is COCCN(c1ncccc1CNCC(C)C)C(C)C. The molecule has 1 rings (SSSR count). The fourth-order valence-corrected chi connectivity index (χ4v) is 2.12. The number of nitrogens with one attached hydrogen (secondary N) is 1. The van der Waals surface area contributed by atoms with Crippen molar-refractivity contribution in [1.29, 1.82) is 0 Å². The summed E-state index contributed by atoms with van der Waals surface area (Å²) in [4.78, 5) is 6.88. The first-order chi connectivity index (χ1) is 9.56. The van der Waals surface area contributed by atoms with Gasteiger partial charge in [-0.2, -0.15) is 0 Å². The van der Waals surface area contributed by atoms with E-state index in [1.165, 1.54) is 5.56 Å². The number of hydrogen-bond donors (Lipinski definition) is 1. The molecule has 0 spiro atoms. The molecule has 0 aliphatic rings. The number of aromatic nitrogens is 1. The molecule has 114 valence electrons. The van der Waals surface area contributed by atoms with Crippen molar-refractivity contribution in [3.05, 3.63) is 23.9 Å². The highest BCUT2D eigenvalue weighted by Gasteiger charge is 2.15. The average molecular weight is 279 g/mol. The van der Waals surface area contributed by atoms with Gasteiger partial charge in [0.15, 0.2) is 0 Å². The van der Waals surface area contributed by atoms with E-state index in [1.807, 2.05) is 12.3 Å². The van der Waals surface area contributed by atoms with Gasteiger partial charge in [0.05, 0.1) is 6.61 Å². The first-order valence-electron chi connectivity index (χ1n) is 7.46. The van der Waals surface area contributed by atoms with E-state index < -0.39 is 0 Å². The highest BCUT2D eigenvalue weighted by atomic mass is 16.5. The van der Waals surface area contributed by atoms with Gasteiger partial charge in [0.2, 0.25) is 0 Å². The van der Waals surface area contributed by atoms with Crippen LogP contribution in [0.4, 0.5) is 5.82 Å². The molecule has 0 atom stereocenters. The van der Waals surface area contributed by atoms with Gasteiger partial charge in [0, 0.05) is 38.0 Å². The summed E-state index contributed by atoms with van der Waals surface area (Å²) < 4.78 is 5.21. The molecule has 0 aromatic carbocycles. The summed E-state index contributed by atoms with van der Waals surface area (Å²) in [6.07, 6.45) is 1.86. The number of hydrogen-bond acceptors (Lipinski definition) is 4. The summed E-state index contributed by atoms with van der Waals surface area (Å²) in [7, 11) is 1.74. The first-order valence-corrected chi connectivity index (χ1v) is 7.46. The van der Waals surface area contributed by atoms with Crippen molar-refractivity contribution in [1.82, 2.24) is 10.3 Å². The zero-order chi connectivity index (χ0) is 15.0. The highest BCUT2D eigenvalue weighted by molar-refractivity contribution is 5.47. The Morgan fingerprint density at radius 1 is 1.30 bits per heavy atom. The summed E-state index contributed by atoms with van der Waals surface area (Å²) >= 11 is 0. The van der Waals surface area contributed by atoms with Crippen molar-refractivity contribution in [2.24, 2.45) is 5.92 Å². The maximum Gasteiger partial charge on any atom is 0.133 e. The summed E-state index contributed by atoms with van der Waals surface area (Å²) in [5.74, 6) is 1.72. The zero-order valence-electron chi connectivity index (χ0n) is 13.5. The number of ether oxygens (including phenoxy) is 1. The molecule has 0 aliphatic carbocycles. The van der Waals surface area contributed by atoms with E-state index in [2.05, 4.69) is 49.0 Å². The van der Waals surface area contributed by atoms with Crippen molar-refractivity contribution >= 4 is 5.82 Å². The number of pyridine rings is 1. The van der Waals surface area contributed by atoms with Crippen LogP contribution in [0.15, 0.2) is 18.3 Å². The minimum Gasteiger partial charge on any atom is -0.383 e. The second-order valence-electron chi connectivity index (χ2n) is 5.79. The van der Waals surface area contributed by atoms with Gasteiger partial charge in [-0.25, -0.2) is 4.98 Å². The molecule has 0 fully saturated rings. The van der Waals surface area contributed by atoms with Crippen LogP contribution in [0, 0.1) is 5.92 Å². The van der Waals surface area contributed by atoms with Crippen LogP contribution >= 0.6 is 0 Å². The third-order valence-electron chi connectivity index (χ3n) is 3.17. The molecule has 1 N–H and O–H groups in total. The molecular formula is C16H29N3O. The van der Waals surface area contributed by atoms with Crippen LogP contribution in [-0.2, 0) is 11.3 Å². The highest BCUT2D eigenvalue weighted by Crippen LogP contribution is 2.19. The number of anilines is 1. The Kier molecular flexibility index (Phi) is 7.55. The molecule has 0 amide bonds. The zero-order valence-corrected chi connectivity index (χ0v) is 13.5. The van der Waals surface area contributed by atoms with Gasteiger partial charge in [-0.05, 0) is 32.4 Å². The maximum absolute atomic E-state index is 5.21. The molecule has 4 nitrogen and oxygen atoms in total. The Morgan fingerprint density at radius 2 is 2.05 bits per heavy atom. The van der Waals surface area contributed by atoms with Gasteiger partial charge < -0.3 is 15.0 Å². The minimum absolute atomic E-state index is 0.406. The van der Waals surface area contributed by atoms with Gasteiger partial charge in [-0.3, -0.25) is 0 Å². The lowest BCUT2D eigenvalue weighted by atomic mass is 10.2. The minimum atomic E-state index is 0.406. The maximum atomic E-state index is 5.21. The Hall–Kier alpha value is -1.13. The lowest BCUT2D eigenvalue weighted by Gasteiger charge is -2.29. The Labute approximate surface area is 123 Å². The molecule has 20 heavy (non-hydrogen) atoms. The quantitative estimate of drug-likeness (QED) is 0.754. The second-order valence-corrected chi connectivity index (χ2v) is 5.79. The van der Waals surface area contributed by atoms with Gasteiger partial charge in [0.1, 0.15) is 5.82 Å². The van der Waals surface area contributed by atoms with Crippen LogP contribution in [0.25, 0.3) is 0 Å². The van der Waals surface area contributed by atoms with Crippen molar-refractivity contribution in [3.8, 4) is 0 Å². The molecular weight excluding hydrogens is 250 g/mol. The van der Waals surface area contributed by atoms with Crippen molar-refractivity contribution in [3.63, 3.8) is 0 Å². The van der Waals surface area contributed by atoms with Crippen molar-refractivity contribution < 1.29 is 4.74 Å². The monoisotopic (exact) mass is 279 g/mol. The Morgan fingerprint density at radius 3 is 2.65 bits per heavy atom. The molecule has 1 aromatic heterocycles. The van der Waals surface area contributed by atoms with Crippen LogP contribution in [-0.4, -0.2) is 37.8 Å². The molecule has 0 saturated heterocycles. The van der Waals surface area contributed by atoms with Crippen LogP contribution < -0.4 is 10.2 Å². The Balaban J connectivity index is 2.80. The third kappa shape index (κ3) is 5.47. The predicted octanol–water partition coefficient (Wildman–Crippen LogP) is 2.69. The topological polar surface area (TPSA) is 37.4 Å². The van der Waals surface area contributed by atoms with Gasteiger partial charge in [-0.15, -0.1) is 0 Å². The molecule has 0 bridgehead atoms. The van der Waals surface area contributed by atoms with Crippen LogP contribution in [0.5, 0.6) is 0 Å². The second kappa shape index (κ2) is 8.93. The summed E-state index contributed by atoms with van der Waals surface area (Å²) in [5, 5.41) is 3.49. The number of methoxy groups -OCH3 is 1. The first kappa shape index (κ1) is 16.9. The van der Waals surface area contributed by atoms with Gasteiger partial charge >= 0.3 is 0 Å². The van der Waals surface area contributed by atoms with Gasteiger partial charge in [-0.1, -0.05) is 19.9 Å². The number of nitrogens with zero attached hydrogens (tertiary/aromatic N) is 2. The van der Waals surface area contributed by atoms with Crippen molar-refractivity contribution in [2.75, 3.05) is 31.7 Å². The van der Waals surface area contributed by atoms with E-state index >= 15 is 0 Å². The van der Waals surface area contributed by atoms with Crippen LogP contribution in [0.3, 0.4) is 0 Å². The molecule has 1 aromatic rings. The summed E-state index contributed by atoms with van der Waals surface area (Å²) in [6, 6.07) is 4.56. The van der Waals surface area contributed by atoms with E-state index in [4.69, 9.17) is 4.74 Å². The molecule has 1 heterocycles. The van der Waals surface area contributed by atoms with Crippen molar-refractivity contribution in [2.45, 2.75) is 40.3 Å². The summed E-state index contributed by atoms with van der Waals surface area (Å²) in [5.41, 5.74) is 1.25. The fraction of sp³-hybridized carbons (Fsp3) is 0.688. The van der Waals surface area contributed by atoms with Gasteiger partial charge in [0.25, 0.3) is 0 Å². The lowest BCUT2D eigenvalue weighted by molar-refractivity contribution is 0.203. The molecule has 0 radical (unpaired) electrons. The molecule has 4 heteroatoms. The third-order valence-corrected chi connectivity index (χ3v) is 3.17. The van der Waals surface area contributed by atoms with E-state index in [0.717, 1.165) is 25.5 Å². The van der Waals surface area contributed by atoms with E-state index in [0.29, 0.717) is 18.6 Å². The molecule has 0 unspecified atom stereocenters. The fourth-order valence-electron chi connectivity index (χ4n) is 2.12. The molecule has 0 saturated carbocycles. The average Bonchev–Trinajstić information content (AvgIpc) is 2.40. The van der Waals surface area contributed by atoms with Crippen LogP contribution in [0.1, 0.15) is 33.3 Å². The van der Waals surface area contributed by atoms with E-state index in [1.54, 1.807) is 7.11 Å². The number of rotatable bonds is 9. The van der Waals surface area contributed by atoms with E-state index in [9.17, 15) is 0 Å². The predicted molar refractivity (Wildman–Crippen MR) is 85.1 cm³/mol. The van der Waals surface area contributed by atoms with E-state index in [-0.39, 0.29) is 0 Å². The standard InChI is InChI=1S/C16H29N3O/c1-13(2)11-17-12-15-7-6-8-18-16(15)19(14(3)4)9-10-20-5/h6-8,13-14,17H,9-12H2,1-5H3. The lowest BCUT2D eigenvalue weighted by Crippen LogP contribution is -2.35. The molecule has 0 aliphatic heterocycles. The normalized spacial score (nSPS) is 11.3. The smallest absolute Gasteiger partial charge is 0.133 e. The summed E-state index contributed by atoms with van der Waals surface area (Å²) in [6.45, 7) is 12.3.